The van der Waals surface area contributed by atoms with Gasteiger partial charge in [-0.25, -0.2) is 0 Å². The molecule has 7 nitrogen and oxygen atoms in total. The third-order valence-electron chi connectivity index (χ3n) is 5.23. The number of aromatic amines is 2. The topological polar surface area (TPSA) is 109 Å². The number of H-pyrrole nitrogens is 2. The van der Waals surface area contributed by atoms with Crippen LogP contribution in [-0.2, 0) is 21.6 Å². The molecule has 0 saturated heterocycles. The Kier molecular flexibility index (Phi) is 7.69. The first-order valence-electron chi connectivity index (χ1n) is 9.83. The summed E-state index contributed by atoms with van der Waals surface area (Å²) in [6.45, 7) is 8.18. The lowest BCUT2D eigenvalue weighted by Crippen LogP contribution is -2.17. The molecule has 28 heavy (non-hydrogen) atoms. The summed E-state index contributed by atoms with van der Waals surface area (Å²) >= 11 is 0. The lowest BCUT2D eigenvalue weighted by molar-refractivity contribution is 0.298. The van der Waals surface area contributed by atoms with Crippen molar-refractivity contribution in [1.82, 2.24) is 10.3 Å². The van der Waals surface area contributed by atoms with E-state index in [0.717, 1.165) is 38.5 Å². The minimum Gasteiger partial charge on any atom is -0.383 e. The summed E-state index contributed by atoms with van der Waals surface area (Å²) < 4.78 is 22.6. The fourth-order valence-electron chi connectivity index (χ4n) is 3.24. The summed E-state index contributed by atoms with van der Waals surface area (Å²) in [6.07, 6.45) is 5.41. The van der Waals surface area contributed by atoms with E-state index in [-0.39, 0.29) is 21.9 Å². The van der Waals surface area contributed by atoms with Gasteiger partial charge in [-0.3, -0.25) is 13.8 Å². The van der Waals surface area contributed by atoms with Gasteiger partial charge in [-0.05, 0) is 25.7 Å². The highest BCUT2D eigenvalue weighted by atomic mass is 32.2. The molecule has 0 aliphatic carbocycles. The van der Waals surface area contributed by atoms with Crippen LogP contribution in [-0.4, -0.2) is 26.0 Å². The molecule has 0 aromatic carbocycles. The minimum atomic E-state index is -0.817. The molecule has 0 amide bonds. The largest absolute Gasteiger partial charge is 0.383 e. The van der Waals surface area contributed by atoms with Crippen LogP contribution < -0.4 is 11.1 Å². The van der Waals surface area contributed by atoms with Crippen LogP contribution in [0.2, 0.25) is 0 Å². The molecule has 0 saturated carbocycles. The predicted octanol–water partition coefficient (Wildman–Crippen LogP) is 3.59. The molecular weight excluding hydrogens is 380 g/mol. The van der Waals surface area contributed by atoms with Crippen molar-refractivity contribution in [2.24, 2.45) is 0 Å². The monoisotopic (exact) mass is 412 g/mol. The van der Waals surface area contributed by atoms with E-state index >= 15 is 0 Å². The standard InChI is InChI=1S/C20H32N2O5S/c1-19(2,15-13-17(23)21-26-15)9-5-7-11-28(25)12-8-6-10-20(3,4)16-14-18(24)22-27-16/h13-14H,5-12H2,1-4H3,(H,21,23)(H,22,24). The maximum absolute atomic E-state index is 12.2. The summed E-state index contributed by atoms with van der Waals surface area (Å²) in [4.78, 5) is 22.4. The Morgan fingerprint density at radius 1 is 0.786 bits per heavy atom. The predicted molar refractivity (Wildman–Crippen MR) is 110 cm³/mol. The Balaban J connectivity index is 1.61. The van der Waals surface area contributed by atoms with Crippen molar-refractivity contribution in [3.63, 3.8) is 0 Å². The second kappa shape index (κ2) is 9.58. The number of hydrogen-bond acceptors (Lipinski definition) is 5. The average molecular weight is 413 g/mol. The van der Waals surface area contributed by atoms with Gasteiger partial charge in [0.05, 0.1) is 0 Å². The van der Waals surface area contributed by atoms with Crippen molar-refractivity contribution < 1.29 is 13.3 Å². The Morgan fingerprint density at radius 3 is 1.50 bits per heavy atom. The SMILES string of the molecule is CC(C)(CCCCS(=O)CCCCC(C)(C)c1cc(=O)[nH]o1)c1cc(=O)[nH]o1. The van der Waals surface area contributed by atoms with Gasteiger partial charge < -0.3 is 9.05 Å². The maximum atomic E-state index is 12.2. The smallest absolute Gasteiger partial charge is 0.280 e. The molecule has 0 aliphatic heterocycles. The molecule has 2 aromatic rings. The lowest BCUT2D eigenvalue weighted by Gasteiger charge is -2.21. The summed E-state index contributed by atoms with van der Waals surface area (Å²) in [6, 6.07) is 3.00. The minimum absolute atomic E-state index is 0.209. The normalized spacial score (nSPS) is 12.8. The average Bonchev–Trinajstić information content (AvgIpc) is 3.25. The number of unbranched alkanes of at least 4 members (excludes halogenated alkanes) is 2. The van der Waals surface area contributed by atoms with Crippen molar-refractivity contribution in [3.05, 3.63) is 44.4 Å². The van der Waals surface area contributed by atoms with Crippen LogP contribution in [0.4, 0.5) is 0 Å². The van der Waals surface area contributed by atoms with E-state index in [9.17, 15) is 13.8 Å². The summed E-state index contributed by atoms with van der Waals surface area (Å²) in [7, 11) is -0.817. The summed E-state index contributed by atoms with van der Waals surface area (Å²) in [5.74, 6) is 2.73. The first-order valence-corrected chi connectivity index (χ1v) is 11.3. The zero-order valence-corrected chi connectivity index (χ0v) is 18.1. The van der Waals surface area contributed by atoms with Crippen molar-refractivity contribution in [2.45, 2.75) is 77.0 Å². The molecule has 2 aromatic heterocycles. The van der Waals surface area contributed by atoms with Crippen LogP contribution in [0.5, 0.6) is 0 Å². The fraction of sp³-hybridized carbons (Fsp3) is 0.700. The van der Waals surface area contributed by atoms with Gasteiger partial charge in [-0.2, -0.15) is 10.3 Å². The number of rotatable bonds is 12. The van der Waals surface area contributed by atoms with Crippen LogP contribution in [0, 0.1) is 0 Å². The molecule has 0 unspecified atom stereocenters. The van der Waals surface area contributed by atoms with E-state index in [1.807, 2.05) is 27.7 Å². The molecular formula is C20H32N2O5S. The van der Waals surface area contributed by atoms with Gasteiger partial charge in [0, 0.05) is 45.3 Å². The zero-order chi connectivity index (χ0) is 20.8. The molecule has 0 atom stereocenters. The van der Waals surface area contributed by atoms with E-state index in [4.69, 9.17) is 9.05 Å². The third kappa shape index (κ3) is 6.65. The molecule has 0 fully saturated rings. The van der Waals surface area contributed by atoms with Crippen LogP contribution >= 0.6 is 0 Å². The molecule has 0 bridgehead atoms. The molecule has 2 rings (SSSR count). The summed E-state index contributed by atoms with van der Waals surface area (Å²) in [5, 5.41) is 4.66. The number of nitrogens with one attached hydrogen (secondary N) is 2. The van der Waals surface area contributed by atoms with Crippen LogP contribution in [0.1, 0.15) is 77.7 Å². The molecule has 0 spiro atoms. The highest BCUT2D eigenvalue weighted by molar-refractivity contribution is 7.84. The van der Waals surface area contributed by atoms with Gasteiger partial charge >= 0.3 is 0 Å². The van der Waals surface area contributed by atoms with E-state index in [0.29, 0.717) is 23.0 Å². The highest BCUT2D eigenvalue weighted by Gasteiger charge is 2.25. The fourth-order valence-corrected chi connectivity index (χ4v) is 4.50. The van der Waals surface area contributed by atoms with Crippen LogP contribution in [0.15, 0.2) is 30.8 Å². The summed E-state index contributed by atoms with van der Waals surface area (Å²) in [5.41, 5.74) is -0.851. The molecule has 2 N–H and O–H groups in total. The van der Waals surface area contributed by atoms with Crippen molar-refractivity contribution >= 4 is 10.8 Å². The van der Waals surface area contributed by atoms with Gasteiger partial charge in [0.15, 0.2) is 0 Å². The van der Waals surface area contributed by atoms with E-state index < -0.39 is 10.8 Å². The van der Waals surface area contributed by atoms with E-state index in [1.165, 1.54) is 12.1 Å². The quantitative estimate of drug-likeness (QED) is 0.518. The molecule has 2 heterocycles. The van der Waals surface area contributed by atoms with Gasteiger partial charge in [-0.15, -0.1) is 0 Å². The molecule has 8 heteroatoms. The first-order chi connectivity index (χ1) is 13.1. The molecule has 0 aliphatic rings. The highest BCUT2D eigenvalue weighted by Crippen LogP contribution is 2.29. The number of hydrogen-bond donors (Lipinski definition) is 2. The second-order valence-electron chi connectivity index (χ2n) is 8.68. The first kappa shape index (κ1) is 22.5. The van der Waals surface area contributed by atoms with Crippen LogP contribution in [0.25, 0.3) is 0 Å². The Hall–Kier alpha value is -1.83. The van der Waals surface area contributed by atoms with Crippen molar-refractivity contribution in [3.8, 4) is 0 Å². The third-order valence-corrected chi connectivity index (χ3v) is 6.72. The lowest BCUT2D eigenvalue weighted by atomic mass is 9.85. The van der Waals surface area contributed by atoms with Crippen LogP contribution in [0.3, 0.4) is 0 Å². The maximum Gasteiger partial charge on any atom is 0.280 e. The van der Waals surface area contributed by atoms with Crippen molar-refractivity contribution in [2.75, 3.05) is 11.5 Å². The Labute approximate surface area is 167 Å². The van der Waals surface area contributed by atoms with E-state index in [2.05, 4.69) is 10.3 Å². The second-order valence-corrected chi connectivity index (χ2v) is 10.4. The van der Waals surface area contributed by atoms with Gasteiger partial charge in [0.25, 0.3) is 11.1 Å². The molecule has 0 radical (unpaired) electrons. The van der Waals surface area contributed by atoms with Gasteiger partial charge in [0.1, 0.15) is 11.5 Å². The zero-order valence-electron chi connectivity index (χ0n) is 17.3. The van der Waals surface area contributed by atoms with E-state index in [1.54, 1.807) is 0 Å². The Bertz CT molecular complexity index is 801. The van der Waals surface area contributed by atoms with Crippen molar-refractivity contribution in [1.29, 1.82) is 0 Å². The van der Waals surface area contributed by atoms with Gasteiger partial charge in [-0.1, -0.05) is 40.5 Å². The van der Waals surface area contributed by atoms with Gasteiger partial charge in [0.2, 0.25) is 0 Å². The Morgan fingerprint density at radius 2 is 1.18 bits per heavy atom. The molecule has 158 valence electrons. The number of aromatic nitrogens is 2.